The molecule has 0 radical (unpaired) electrons. The quantitative estimate of drug-likeness (QED) is 0.911. The van der Waals surface area contributed by atoms with Crippen LogP contribution in [0.3, 0.4) is 0 Å². The molecule has 2 aromatic carbocycles. The molecule has 0 saturated carbocycles. The smallest absolute Gasteiger partial charge is 0.231 e. The topological polar surface area (TPSA) is 30.5 Å². The third-order valence-electron chi connectivity index (χ3n) is 3.43. The number of fused-ring (bicyclic) bond motifs is 1. The monoisotopic (exact) mass is 255 g/mol. The van der Waals surface area contributed by atoms with Gasteiger partial charge in [0.2, 0.25) is 6.79 Å². The molecule has 3 nitrogen and oxygen atoms in total. The highest BCUT2D eigenvalue weighted by Gasteiger charge is 2.17. The molecule has 0 saturated heterocycles. The minimum absolute atomic E-state index is 0.275. The highest BCUT2D eigenvalue weighted by molar-refractivity contribution is 5.45. The zero-order valence-electron chi connectivity index (χ0n) is 10.9. The van der Waals surface area contributed by atoms with Crippen molar-refractivity contribution in [3.63, 3.8) is 0 Å². The Morgan fingerprint density at radius 3 is 2.63 bits per heavy atom. The van der Waals surface area contributed by atoms with Gasteiger partial charge in [-0.15, -0.1) is 0 Å². The maximum atomic E-state index is 5.43. The Labute approximate surface area is 113 Å². The van der Waals surface area contributed by atoms with Gasteiger partial charge in [-0.25, -0.2) is 0 Å². The van der Waals surface area contributed by atoms with Gasteiger partial charge in [-0.05, 0) is 36.7 Å². The van der Waals surface area contributed by atoms with E-state index in [9.17, 15) is 0 Å². The number of likely N-dealkylation sites (N-methyl/N-ethyl adjacent to an activating group) is 1. The molecule has 0 fully saturated rings. The number of ether oxygens (including phenoxy) is 2. The molecular weight excluding hydrogens is 238 g/mol. The summed E-state index contributed by atoms with van der Waals surface area (Å²) in [6.07, 6.45) is 0.955. The van der Waals surface area contributed by atoms with Gasteiger partial charge in [-0.1, -0.05) is 36.4 Å². The number of hydrogen-bond donors (Lipinski definition) is 1. The molecule has 1 aliphatic rings. The van der Waals surface area contributed by atoms with E-state index in [0.29, 0.717) is 6.79 Å². The largest absolute Gasteiger partial charge is 0.454 e. The molecule has 1 atom stereocenters. The molecule has 3 rings (SSSR count). The van der Waals surface area contributed by atoms with Crippen molar-refractivity contribution < 1.29 is 9.47 Å². The second-order valence-corrected chi connectivity index (χ2v) is 4.64. The van der Waals surface area contributed by atoms with Crippen LogP contribution >= 0.6 is 0 Å². The van der Waals surface area contributed by atoms with E-state index in [0.717, 1.165) is 17.9 Å². The molecule has 1 N–H and O–H groups in total. The summed E-state index contributed by atoms with van der Waals surface area (Å²) in [7, 11) is 1.98. The zero-order valence-corrected chi connectivity index (χ0v) is 10.9. The lowest BCUT2D eigenvalue weighted by Crippen LogP contribution is -2.18. The predicted octanol–water partition coefficient (Wildman–Crippen LogP) is 2.92. The van der Waals surface area contributed by atoms with Crippen LogP contribution < -0.4 is 14.8 Å². The normalized spacial score (nSPS) is 14.4. The number of nitrogens with one attached hydrogen (secondary N) is 1. The third-order valence-corrected chi connectivity index (χ3v) is 3.43. The highest BCUT2D eigenvalue weighted by atomic mass is 16.7. The van der Waals surface area contributed by atoms with Crippen molar-refractivity contribution in [1.29, 1.82) is 0 Å². The van der Waals surface area contributed by atoms with Crippen molar-refractivity contribution in [2.24, 2.45) is 0 Å². The summed E-state index contributed by atoms with van der Waals surface area (Å²) in [5, 5.41) is 3.36. The van der Waals surface area contributed by atoms with E-state index in [1.54, 1.807) is 0 Å². The average Bonchev–Trinajstić information content (AvgIpc) is 2.93. The van der Waals surface area contributed by atoms with Crippen LogP contribution in [0.15, 0.2) is 48.5 Å². The van der Waals surface area contributed by atoms with Gasteiger partial charge in [0.15, 0.2) is 11.5 Å². The van der Waals surface area contributed by atoms with Gasteiger partial charge in [-0.3, -0.25) is 0 Å². The zero-order chi connectivity index (χ0) is 13.1. The Balaban J connectivity index is 1.82. The Morgan fingerprint density at radius 2 is 1.84 bits per heavy atom. The van der Waals surface area contributed by atoms with Gasteiger partial charge < -0.3 is 14.8 Å². The van der Waals surface area contributed by atoms with Crippen molar-refractivity contribution in [1.82, 2.24) is 5.32 Å². The molecule has 1 heterocycles. The average molecular weight is 255 g/mol. The first-order chi connectivity index (χ1) is 9.36. The fourth-order valence-electron chi connectivity index (χ4n) is 2.37. The van der Waals surface area contributed by atoms with Crippen molar-refractivity contribution in [3.8, 4) is 11.5 Å². The Bertz CT molecular complexity index is 554. The van der Waals surface area contributed by atoms with Gasteiger partial charge in [0, 0.05) is 6.04 Å². The van der Waals surface area contributed by atoms with E-state index in [2.05, 4.69) is 41.7 Å². The standard InChI is InChI=1S/C16H17NO2/c1-17-14(9-12-5-3-2-4-6-12)13-7-8-15-16(10-13)19-11-18-15/h2-8,10,14,17H,9,11H2,1H3/t14-/m0/s1. The summed E-state index contributed by atoms with van der Waals surface area (Å²) in [4.78, 5) is 0. The van der Waals surface area contributed by atoms with Crippen LogP contribution in [0.25, 0.3) is 0 Å². The molecule has 2 aromatic rings. The second kappa shape index (κ2) is 5.33. The summed E-state index contributed by atoms with van der Waals surface area (Å²) in [5.74, 6) is 1.67. The minimum atomic E-state index is 0.275. The lowest BCUT2D eigenvalue weighted by Gasteiger charge is -2.17. The molecule has 0 bridgehead atoms. The molecule has 1 aliphatic heterocycles. The summed E-state index contributed by atoms with van der Waals surface area (Å²) >= 11 is 0. The maximum Gasteiger partial charge on any atom is 0.231 e. The Morgan fingerprint density at radius 1 is 1.05 bits per heavy atom. The van der Waals surface area contributed by atoms with E-state index in [4.69, 9.17) is 9.47 Å². The first kappa shape index (κ1) is 12.1. The SMILES string of the molecule is CN[C@@H](Cc1ccccc1)c1ccc2c(c1)OCO2. The van der Waals surface area contributed by atoms with Gasteiger partial charge in [0.05, 0.1) is 0 Å². The lowest BCUT2D eigenvalue weighted by atomic mass is 9.98. The molecule has 0 spiro atoms. The number of hydrogen-bond acceptors (Lipinski definition) is 3. The maximum absolute atomic E-state index is 5.43. The molecule has 0 amide bonds. The van der Waals surface area contributed by atoms with Crippen molar-refractivity contribution in [2.45, 2.75) is 12.5 Å². The van der Waals surface area contributed by atoms with Crippen LogP contribution in [0, 0.1) is 0 Å². The minimum Gasteiger partial charge on any atom is -0.454 e. The fourth-order valence-corrected chi connectivity index (χ4v) is 2.37. The van der Waals surface area contributed by atoms with Crippen molar-refractivity contribution in [3.05, 3.63) is 59.7 Å². The van der Waals surface area contributed by atoms with Crippen LogP contribution in [-0.2, 0) is 6.42 Å². The van der Waals surface area contributed by atoms with Crippen LogP contribution in [0.2, 0.25) is 0 Å². The molecule has 0 unspecified atom stereocenters. The van der Waals surface area contributed by atoms with Crippen molar-refractivity contribution in [2.75, 3.05) is 13.8 Å². The van der Waals surface area contributed by atoms with E-state index < -0.39 is 0 Å². The number of benzene rings is 2. The highest BCUT2D eigenvalue weighted by Crippen LogP contribution is 2.34. The van der Waals surface area contributed by atoms with Gasteiger partial charge in [-0.2, -0.15) is 0 Å². The van der Waals surface area contributed by atoms with Gasteiger partial charge >= 0.3 is 0 Å². The van der Waals surface area contributed by atoms with Crippen molar-refractivity contribution >= 4 is 0 Å². The summed E-state index contributed by atoms with van der Waals surface area (Å²) in [5.41, 5.74) is 2.54. The first-order valence-corrected chi connectivity index (χ1v) is 6.47. The van der Waals surface area contributed by atoms with Crippen LogP contribution in [-0.4, -0.2) is 13.8 Å². The Kier molecular flexibility index (Phi) is 3.38. The molecular formula is C16H17NO2. The van der Waals surface area contributed by atoms with E-state index in [1.807, 2.05) is 19.2 Å². The first-order valence-electron chi connectivity index (χ1n) is 6.47. The molecule has 0 aromatic heterocycles. The number of rotatable bonds is 4. The molecule has 19 heavy (non-hydrogen) atoms. The summed E-state index contributed by atoms with van der Waals surface area (Å²) in [6.45, 7) is 0.321. The molecule has 3 heteroatoms. The van der Waals surface area contributed by atoms with E-state index in [1.165, 1.54) is 11.1 Å². The van der Waals surface area contributed by atoms with Crippen LogP contribution in [0.4, 0.5) is 0 Å². The third kappa shape index (κ3) is 2.56. The predicted molar refractivity (Wildman–Crippen MR) is 74.5 cm³/mol. The van der Waals surface area contributed by atoms with Gasteiger partial charge in [0.1, 0.15) is 0 Å². The second-order valence-electron chi connectivity index (χ2n) is 4.64. The van der Waals surface area contributed by atoms with Gasteiger partial charge in [0.25, 0.3) is 0 Å². The summed E-state index contributed by atoms with van der Waals surface area (Å²) in [6, 6.07) is 16.9. The lowest BCUT2D eigenvalue weighted by molar-refractivity contribution is 0.174. The molecule has 0 aliphatic carbocycles. The molecule has 98 valence electrons. The van der Waals surface area contributed by atoms with Crippen LogP contribution in [0.5, 0.6) is 11.5 Å². The van der Waals surface area contributed by atoms with E-state index >= 15 is 0 Å². The van der Waals surface area contributed by atoms with E-state index in [-0.39, 0.29) is 6.04 Å². The summed E-state index contributed by atoms with van der Waals surface area (Å²) < 4.78 is 10.8. The Hall–Kier alpha value is -2.00. The van der Waals surface area contributed by atoms with Crippen LogP contribution in [0.1, 0.15) is 17.2 Å². The fraction of sp³-hybridized carbons (Fsp3) is 0.250.